The Labute approximate surface area is 166 Å². The molecule has 26 heavy (non-hydrogen) atoms. The number of ether oxygens (including phenoxy) is 1. The van der Waals surface area contributed by atoms with Gasteiger partial charge in [0.25, 0.3) is 0 Å². The van der Waals surface area contributed by atoms with E-state index in [1.807, 2.05) is 30.3 Å². The summed E-state index contributed by atoms with van der Waals surface area (Å²) in [6.07, 6.45) is -5.08. The summed E-state index contributed by atoms with van der Waals surface area (Å²) in [6, 6.07) is 9.19. The van der Waals surface area contributed by atoms with Crippen LogP contribution in [0.4, 0.5) is 13.2 Å². The predicted octanol–water partition coefficient (Wildman–Crippen LogP) is 3.79. The van der Waals surface area contributed by atoms with Gasteiger partial charge in [-0.1, -0.05) is 65.1 Å². The average molecular weight is 457 g/mol. The number of rotatable bonds is 6. The zero-order chi connectivity index (χ0) is 20.4. The fourth-order valence-corrected chi connectivity index (χ4v) is 2.31. The molecule has 1 aromatic carbocycles. The first-order valence-electron chi connectivity index (χ1n) is 6.73. The number of thioether (sulfide) groups is 1. The minimum atomic E-state index is -5.08. The molecule has 0 radical (unpaired) electrons. The number of hydrogen-bond donors (Lipinski definition) is 2. The lowest BCUT2D eigenvalue weighted by Crippen LogP contribution is -2.36. The van der Waals surface area contributed by atoms with Gasteiger partial charge in [-0.2, -0.15) is 24.9 Å². The molecule has 5 nitrogen and oxygen atoms in total. The van der Waals surface area contributed by atoms with Crippen LogP contribution < -0.4 is 5.73 Å². The minimum Gasteiger partial charge on any atom is -0.475 e. The van der Waals surface area contributed by atoms with Crippen LogP contribution in [-0.2, 0) is 20.1 Å². The topological polar surface area (TPSA) is 89.6 Å². The molecular weight excluding hydrogens is 442 g/mol. The van der Waals surface area contributed by atoms with Crippen LogP contribution in [0.25, 0.3) is 0 Å². The van der Waals surface area contributed by atoms with Crippen molar-refractivity contribution >= 4 is 58.5 Å². The predicted molar refractivity (Wildman–Crippen MR) is 95.5 cm³/mol. The third-order valence-electron chi connectivity index (χ3n) is 2.33. The Kier molecular flexibility index (Phi) is 11.4. The summed E-state index contributed by atoms with van der Waals surface area (Å²) in [5.74, 6) is -2.08. The molecule has 1 aromatic rings. The lowest BCUT2D eigenvalue weighted by molar-refractivity contribution is -0.192. The van der Waals surface area contributed by atoms with E-state index in [1.54, 1.807) is 11.8 Å². The Morgan fingerprint density at radius 3 is 2.12 bits per heavy atom. The van der Waals surface area contributed by atoms with Gasteiger partial charge in [-0.3, -0.25) is 4.79 Å². The molecule has 0 aliphatic carbocycles. The number of halogens is 6. The molecule has 0 spiro atoms. The molecule has 0 saturated heterocycles. The van der Waals surface area contributed by atoms with Gasteiger partial charge in [-0.05, 0) is 5.56 Å². The standard InChI is InChI=1S/C12H14Cl3NO2S.C2HF3O2/c13-12(14,15)8-18-11(17)10(16)7-19-6-9-4-2-1-3-5-9;3-2(4,5)1(6)7/h1-5,10H,6-8,16H2;(H,6,7)/t10-;/m0./s1. The first-order valence-corrected chi connectivity index (χ1v) is 9.02. The second-order valence-electron chi connectivity index (χ2n) is 4.63. The average Bonchev–Trinajstić information content (AvgIpc) is 2.52. The summed E-state index contributed by atoms with van der Waals surface area (Å²) >= 11 is 18.0. The van der Waals surface area contributed by atoms with Gasteiger partial charge in [0.2, 0.25) is 3.79 Å². The Balaban J connectivity index is 0.000000758. The largest absolute Gasteiger partial charge is 0.490 e. The van der Waals surface area contributed by atoms with Crippen molar-refractivity contribution in [2.24, 2.45) is 5.73 Å². The Morgan fingerprint density at radius 2 is 1.69 bits per heavy atom. The number of alkyl halides is 6. The molecule has 0 aliphatic heterocycles. The molecule has 0 aromatic heterocycles. The van der Waals surface area contributed by atoms with Gasteiger partial charge in [0.1, 0.15) is 12.6 Å². The van der Waals surface area contributed by atoms with Gasteiger partial charge >= 0.3 is 18.1 Å². The van der Waals surface area contributed by atoms with E-state index in [0.29, 0.717) is 5.75 Å². The van der Waals surface area contributed by atoms with Gasteiger partial charge < -0.3 is 15.6 Å². The number of hydrogen-bond acceptors (Lipinski definition) is 5. The van der Waals surface area contributed by atoms with Crippen molar-refractivity contribution in [3.8, 4) is 0 Å². The van der Waals surface area contributed by atoms with Gasteiger partial charge in [0, 0.05) is 11.5 Å². The molecule has 0 saturated carbocycles. The van der Waals surface area contributed by atoms with E-state index in [1.165, 1.54) is 5.56 Å². The molecule has 0 bridgehead atoms. The number of aliphatic carboxylic acids is 1. The van der Waals surface area contributed by atoms with Gasteiger partial charge in [-0.25, -0.2) is 4.79 Å². The summed E-state index contributed by atoms with van der Waals surface area (Å²) in [6.45, 7) is -0.298. The van der Waals surface area contributed by atoms with Crippen LogP contribution in [-0.4, -0.2) is 45.4 Å². The number of carboxylic acid groups (broad SMARTS) is 1. The molecule has 1 rings (SSSR count). The van der Waals surface area contributed by atoms with Crippen molar-refractivity contribution in [3.05, 3.63) is 35.9 Å². The molecule has 0 fully saturated rings. The first-order chi connectivity index (χ1) is 11.8. The maximum Gasteiger partial charge on any atom is 0.490 e. The highest BCUT2D eigenvalue weighted by atomic mass is 35.6. The molecule has 3 N–H and O–H groups in total. The van der Waals surface area contributed by atoms with E-state index in [-0.39, 0.29) is 6.61 Å². The lowest BCUT2D eigenvalue weighted by atomic mass is 10.2. The van der Waals surface area contributed by atoms with Gasteiger partial charge in [0.15, 0.2) is 0 Å². The molecule has 0 aliphatic rings. The second-order valence-corrected chi connectivity index (χ2v) is 8.18. The molecule has 12 heteroatoms. The molecule has 1 atom stereocenters. The highest BCUT2D eigenvalue weighted by Gasteiger charge is 2.38. The van der Waals surface area contributed by atoms with Crippen LogP contribution >= 0.6 is 46.6 Å². The van der Waals surface area contributed by atoms with Crippen LogP contribution in [0, 0.1) is 0 Å². The van der Waals surface area contributed by atoms with E-state index in [0.717, 1.165) is 5.75 Å². The second kappa shape index (κ2) is 11.8. The van der Waals surface area contributed by atoms with Gasteiger partial charge in [-0.15, -0.1) is 0 Å². The number of carbonyl (C=O) groups excluding carboxylic acids is 1. The molecule has 0 unspecified atom stereocenters. The summed E-state index contributed by atoms with van der Waals surface area (Å²) in [5, 5.41) is 7.12. The molecule has 0 amide bonds. The maximum atomic E-state index is 11.5. The van der Waals surface area contributed by atoms with Crippen LogP contribution in [0.2, 0.25) is 0 Å². The number of carbonyl (C=O) groups is 2. The summed E-state index contributed by atoms with van der Waals surface area (Å²) < 4.78 is 34.9. The fourth-order valence-electron chi connectivity index (χ4n) is 1.21. The quantitative estimate of drug-likeness (QED) is 0.500. The molecule has 148 valence electrons. The number of esters is 1. The Hall–Kier alpha value is -0.870. The lowest BCUT2D eigenvalue weighted by Gasteiger charge is -2.14. The van der Waals surface area contributed by atoms with Crippen LogP contribution in [0.15, 0.2) is 30.3 Å². The van der Waals surface area contributed by atoms with Crippen molar-refractivity contribution < 1.29 is 32.6 Å². The van der Waals surface area contributed by atoms with E-state index in [2.05, 4.69) is 0 Å². The van der Waals surface area contributed by atoms with Crippen molar-refractivity contribution in [1.82, 2.24) is 0 Å². The highest BCUT2D eigenvalue weighted by Crippen LogP contribution is 2.26. The minimum absolute atomic E-state index is 0.298. The number of benzene rings is 1. The van der Waals surface area contributed by atoms with Crippen molar-refractivity contribution in [3.63, 3.8) is 0 Å². The van der Waals surface area contributed by atoms with Crippen molar-refractivity contribution in [2.75, 3.05) is 12.4 Å². The van der Waals surface area contributed by atoms with Crippen molar-refractivity contribution in [1.29, 1.82) is 0 Å². The Morgan fingerprint density at radius 1 is 1.19 bits per heavy atom. The smallest absolute Gasteiger partial charge is 0.475 e. The van der Waals surface area contributed by atoms with E-state index in [4.69, 9.17) is 55.2 Å². The molecular formula is C14H15Cl3F3NO4S. The number of nitrogens with two attached hydrogens (primary N) is 1. The summed E-state index contributed by atoms with van der Waals surface area (Å²) in [4.78, 5) is 20.4. The van der Waals surface area contributed by atoms with Gasteiger partial charge in [0.05, 0.1) is 0 Å². The van der Waals surface area contributed by atoms with E-state index < -0.39 is 27.9 Å². The maximum absolute atomic E-state index is 11.5. The van der Waals surface area contributed by atoms with E-state index >= 15 is 0 Å². The Bertz CT molecular complexity index is 571. The molecule has 0 heterocycles. The third kappa shape index (κ3) is 13.3. The fraction of sp³-hybridized carbons (Fsp3) is 0.429. The van der Waals surface area contributed by atoms with Crippen LogP contribution in [0.1, 0.15) is 5.56 Å². The SMILES string of the molecule is N[C@@H](CSCc1ccccc1)C(=O)OCC(Cl)(Cl)Cl.O=C(O)C(F)(F)F. The van der Waals surface area contributed by atoms with E-state index in [9.17, 15) is 18.0 Å². The van der Waals surface area contributed by atoms with Crippen LogP contribution in [0.5, 0.6) is 0 Å². The first kappa shape index (κ1) is 25.1. The monoisotopic (exact) mass is 455 g/mol. The highest BCUT2D eigenvalue weighted by molar-refractivity contribution is 7.98. The summed E-state index contributed by atoms with van der Waals surface area (Å²) in [7, 11) is 0. The zero-order valence-electron chi connectivity index (χ0n) is 13.0. The van der Waals surface area contributed by atoms with Crippen LogP contribution in [0.3, 0.4) is 0 Å². The third-order valence-corrected chi connectivity index (χ3v) is 3.79. The summed E-state index contributed by atoms with van der Waals surface area (Å²) in [5.41, 5.74) is 6.86. The number of carboxylic acids is 1. The van der Waals surface area contributed by atoms with Crippen molar-refractivity contribution in [2.45, 2.75) is 21.8 Å². The zero-order valence-corrected chi connectivity index (χ0v) is 16.1. The normalized spacial score (nSPS) is 12.6.